The Bertz CT molecular complexity index is 828. The third kappa shape index (κ3) is 3.43. The Hall–Kier alpha value is -2.60. The van der Waals surface area contributed by atoms with Crippen molar-refractivity contribution >= 4 is 23.7 Å². The maximum Gasteiger partial charge on any atom is 0.322 e. The second-order valence-electron chi connectivity index (χ2n) is 4.91. The number of aryl methyl sites for hydroxylation is 1. The van der Waals surface area contributed by atoms with Crippen molar-refractivity contribution in [3.63, 3.8) is 0 Å². The Morgan fingerprint density at radius 3 is 2.52 bits per heavy atom. The van der Waals surface area contributed by atoms with E-state index in [1.54, 1.807) is 17.8 Å². The molecular weight excluding hydrogens is 310 g/mol. The van der Waals surface area contributed by atoms with E-state index in [4.69, 9.17) is 4.42 Å². The number of hydrogen-bond donors (Lipinski definition) is 1. The molecule has 1 amide bonds. The van der Waals surface area contributed by atoms with E-state index in [-0.39, 0.29) is 11.9 Å². The van der Waals surface area contributed by atoms with Crippen molar-refractivity contribution < 1.29 is 9.21 Å². The zero-order chi connectivity index (χ0) is 16.2. The molecule has 0 saturated carbocycles. The average molecular weight is 325 g/mol. The molecule has 1 heterocycles. The monoisotopic (exact) mass is 325 g/mol. The largest absolute Gasteiger partial charge is 0.403 e. The van der Waals surface area contributed by atoms with Crippen LogP contribution in [0, 0.1) is 6.92 Å². The van der Waals surface area contributed by atoms with Crippen LogP contribution >= 0.6 is 11.8 Å². The molecule has 0 aliphatic rings. The van der Waals surface area contributed by atoms with Crippen molar-refractivity contribution in [1.82, 2.24) is 10.2 Å². The van der Waals surface area contributed by atoms with Crippen LogP contribution in [0.1, 0.15) is 15.9 Å². The minimum Gasteiger partial charge on any atom is -0.403 e. The van der Waals surface area contributed by atoms with Gasteiger partial charge in [0.2, 0.25) is 5.89 Å². The summed E-state index contributed by atoms with van der Waals surface area (Å²) in [6.45, 7) is 1.88. The molecule has 0 atom stereocenters. The summed E-state index contributed by atoms with van der Waals surface area (Å²) in [5.41, 5.74) is 2.28. The van der Waals surface area contributed by atoms with Gasteiger partial charge in [-0.3, -0.25) is 10.1 Å². The highest BCUT2D eigenvalue weighted by Crippen LogP contribution is 2.23. The minimum absolute atomic E-state index is 0.0854. The van der Waals surface area contributed by atoms with Gasteiger partial charge in [0, 0.05) is 16.0 Å². The van der Waals surface area contributed by atoms with Crippen LogP contribution in [0.25, 0.3) is 11.5 Å². The van der Waals surface area contributed by atoms with Gasteiger partial charge in [0.1, 0.15) is 0 Å². The van der Waals surface area contributed by atoms with Gasteiger partial charge >= 0.3 is 6.01 Å². The fourth-order valence-electron chi connectivity index (χ4n) is 2.12. The molecule has 1 N–H and O–H groups in total. The van der Waals surface area contributed by atoms with E-state index in [1.165, 1.54) is 0 Å². The summed E-state index contributed by atoms with van der Waals surface area (Å²) in [6.07, 6.45) is 2.01. The summed E-state index contributed by atoms with van der Waals surface area (Å²) in [5, 5.41) is 10.5. The highest BCUT2D eigenvalue weighted by molar-refractivity contribution is 7.98. The molecular formula is C17H15N3O2S. The number of carbonyl (C=O) groups excluding carboxylic acids is 1. The summed E-state index contributed by atoms with van der Waals surface area (Å²) in [5.74, 6) is 0.105. The molecule has 0 fully saturated rings. The number of anilines is 1. The quantitative estimate of drug-likeness (QED) is 0.734. The van der Waals surface area contributed by atoms with Crippen LogP contribution in [-0.2, 0) is 0 Å². The van der Waals surface area contributed by atoms with Crippen molar-refractivity contribution in [2.24, 2.45) is 0 Å². The maximum atomic E-state index is 12.2. The Kier molecular flexibility index (Phi) is 4.43. The Morgan fingerprint density at radius 1 is 1.09 bits per heavy atom. The molecule has 3 rings (SSSR count). The molecule has 0 saturated heterocycles. The van der Waals surface area contributed by atoms with Crippen molar-refractivity contribution in [1.29, 1.82) is 0 Å². The number of nitrogens with one attached hydrogen (secondary N) is 1. The van der Waals surface area contributed by atoms with Gasteiger partial charge in [-0.15, -0.1) is 16.9 Å². The highest BCUT2D eigenvalue weighted by atomic mass is 32.2. The summed E-state index contributed by atoms with van der Waals surface area (Å²) in [7, 11) is 0. The van der Waals surface area contributed by atoms with E-state index in [0.29, 0.717) is 11.5 Å². The first-order chi connectivity index (χ1) is 11.2. The average Bonchev–Trinajstić information content (AvgIpc) is 3.03. The zero-order valence-corrected chi connectivity index (χ0v) is 13.6. The normalized spacial score (nSPS) is 10.5. The second-order valence-corrected chi connectivity index (χ2v) is 5.79. The molecule has 2 aromatic carbocycles. The predicted molar refractivity (Wildman–Crippen MR) is 90.6 cm³/mol. The van der Waals surface area contributed by atoms with Crippen molar-refractivity contribution in [3.8, 4) is 11.5 Å². The number of rotatable bonds is 4. The van der Waals surface area contributed by atoms with Gasteiger partial charge in [0.15, 0.2) is 0 Å². The van der Waals surface area contributed by atoms with Crippen LogP contribution in [-0.4, -0.2) is 22.4 Å². The summed E-state index contributed by atoms with van der Waals surface area (Å²) < 4.78 is 5.51. The van der Waals surface area contributed by atoms with E-state index in [0.717, 1.165) is 16.0 Å². The summed E-state index contributed by atoms with van der Waals surface area (Å²) in [6, 6.07) is 15.2. The maximum absolute atomic E-state index is 12.2. The zero-order valence-electron chi connectivity index (χ0n) is 12.7. The fraction of sp³-hybridized carbons (Fsp3) is 0.118. The van der Waals surface area contributed by atoms with Gasteiger partial charge in [-0.25, -0.2) is 0 Å². The first kappa shape index (κ1) is 15.3. The molecule has 5 nitrogen and oxygen atoms in total. The van der Waals surface area contributed by atoms with Gasteiger partial charge in [-0.05, 0) is 49.1 Å². The molecule has 3 aromatic rings. The first-order valence-electron chi connectivity index (χ1n) is 7.02. The second kappa shape index (κ2) is 6.66. The van der Waals surface area contributed by atoms with Crippen LogP contribution in [0.5, 0.6) is 0 Å². The van der Waals surface area contributed by atoms with Gasteiger partial charge in [0.05, 0.1) is 0 Å². The third-order valence-corrected chi connectivity index (χ3v) is 4.12. The molecule has 0 spiro atoms. The van der Waals surface area contributed by atoms with E-state index in [1.807, 2.05) is 55.6 Å². The van der Waals surface area contributed by atoms with Crippen molar-refractivity contribution in [2.75, 3.05) is 11.6 Å². The number of benzene rings is 2. The molecule has 1 aromatic heterocycles. The highest BCUT2D eigenvalue weighted by Gasteiger charge is 2.14. The van der Waals surface area contributed by atoms with E-state index >= 15 is 0 Å². The Balaban J connectivity index is 1.76. The van der Waals surface area contributed by atoms with Gasteiger partial charge in [0.25, 0.3) is 5.91 Å². The van der Waals surface area contributed by atoms with Crippen LogP contribution < -0.4 is 5.32 Å². The van der Waals surface area contributed by atoms with Gasteiger partial charge in [-0.2, -0.15) is 0 Å². The summed E-state index contributed by atoms with van der Waals surface area (Å²) >= 11 is 1.66. The minimum atomic E-state index is -0.268. The molecule has 0 radical (unpaired) electrons. The molecule has 6 heteroatoms. The standard InChI is InChI=1S/C17H15N3O2S/c1-11-5-3-4-6-14(11)15(21)18-17-20-19-16(22-17)12-7-9-13(23-2)10-8-12/h3-10H,1-2H3,(H,18,20,21). The van der Waals surface area contributed by atoms with Crippen molar-refractivity contribution in [2.45, 2.75) is 11.8 Å². The lowest BCUT2D eigenvalue weighted by Gasteiger charge is -2.03. The van der Waals surface area contributed by atoms with E-state index in [9.17, 15) is 4.79 Å². The molecule has 23 heavy (non-hydrogen) atoms. The Morgan fingerprint density at radius 2 is 1.83 bits per heavy atom. The number of aromatic nitrogens is 2. The van der Waals surface area contributed by atoms with Crippen LogP contribution in [0.4, 0.5) is 6.01 Å². The van der Waals surface area contributed by atoms with Crippen LogP contribution in [0.15, 0.2) is 57.8 Å². The lowest BCUT2D eigenvalue weighted by atomic mass is 10.1. The first-order valence-corrected chi connectivity index (χ1v) is 8.25. The Labute approximate surface area is 138 Å². The summed E-state index contributed by atoms with van der Waals surface area (Å²) in [4.78, 5) is 13.4. The van der Waals surface area contributed by atoms with E-state index < -0.39 is 0 Å². The van der Waals surface area contributed by atoms with Crippen LogP contribution in [0.3, 0.4) is 0 Å². The van der Waals surface area contributed by atoms with Gasteiger partial charge in [-0.1, -0.05) is 23.3 Å². The number of nitrogens with zero attached hydrogens (tertiary/aromatic N) is 2. The molecule has 0 aliphatic carbocycles. The molecule has 0 aliphatic heterocycles. The van der Waals surface area contributed by atoms with Gasteiger partial charge < -0.3 is 4.42 Å². The third-order valence-electron chi connectivity index (χ3n) is 3.37. The lowest BCUT2D eigenvalue weighted by molar-refractivity contribution is 0.102. The molecule has 116 valence electrons. The fourth-order valence-corrected chi connectivity index (χ4v) is 2.52. The van der Waals surface area contributed by atoms with E-state index in [2.05, 4.69) is 15.5 Å². The van der Waals surface area contributed by atoms with Crippen LogP contribution in [0.2, 0.25) is 0 Å². The number of carbonyl (C=O) groups is 1. The smallest absolute Gasteiger partial charge is 0.322 e. The topological polar surface area (TPSA) is 68.0 Å². The van der Waals surface area contributed by atoms with Crippen molar-refractivity contribution in [3.05, 3.63) is 59.7 Å². The molecule has 0 bridgehead atoms. The number of hydrogen-bond acceptors (Lipinski definition) is 5. The number of amides is 1. The predicted octanol–water partition coefficient (Wildman–Crippen LogP) is 4.02. The number of thioether (sulfide) groups is 1. The molecule has 0 unspecified atom stereocenters. The lowest BCUT2D eigenvalue weighted by Crippen LogP contribution is -2.13. The SMILES string of the molecule is CSc1ccc(-c2nnc(NC(=O)c3ccccc3C)o2)cc1.